The first-order valence-corrected chi connectivity index (χ1v) is 9.66. The van der Waals surface area contributed by atoms with Gasteiger partial charge in [0, 0.05) is 28.1 Å². The summed E-state index contributed by atoms with van der Waals surface area (Å²) in [4.78, 5) is 15.8. The topological polar surface area (TPSA) is 32.3 Å². The first-order chi connectivity index (χ1) is 13.1. The summed E-state index contributed by atoms with van der Waals surface area (Å²) in [5.41, 5.74) is 2.51. The van der Waals surface area contributed by atoms with Gasteiger partial charge in [0.05, 0.1) is 6.04 Å². The minimum absolute atomic E-state index is 0.0685. The van der Waals surface area contributed by atoms with Gasteiger partial charge in [-0.25, -0.2) is 0 Å². The molecule has 1 N–H and O–H groups in total. The van der Waals surface area contributed by atoms with Crippen molar-refractivity contribution in [2.24, 2.45) is 0 Å². The predicted molar refractivity (Wildman–Crippen MR) is 112 cm³/mol. The summed E-state index contributed by atoms with van der Waals surface area (Å²) < 4.78 is 0. The summed E-state index contributed by atoms with van der Waals surface area (Å²) in [6.45, 7) is 0.571. The third-order valence-electron chi connectivity index (χ3n) is 4.22. The van der Waals surface area contributed by atoms with E-state index in [9.17, 15) is 4.79 Å². The van der Waals surface area contributed by atoms with Crippen LogP contribution in [0.1, 0.15) is 32.4 Å². The van der Waals surface area contributed by atoms with Crippen LogP contribution in [0, 0.1) is 11.8 Å². The van der Waals surface area contributed by atoms with Gasteiger partial charge in [-0.1, -0.05) is 36.1 Å². The van der Waals surface area contributed by atoms with E-state index in [-0.39, 0.29) is 11.9 Å². The molecule has 4 heteroatoms. The van der Waals surface area contributed by atoms with Crippen molar-refractivity contribution in [3.05, 3.63) is 93.7 Å². The zero-order chi connectivity index (χ0) is 19.1. The highest BCUT2D eigenvalue weighted by Gasteiger charge is 2.16. The SMILES string of the molecule is CN(C)C(CNC(=O)c1ccc(C#Cc2ccccc2)cc1)c1cccs1. The monoisotopic (exact) mass is 374 g/mol. The van der Waals surface area contributed by atoms with Gasteiger partial charge in [0.1, 0.15) is 0 Å². The van der Waals surface area contributed by atoms with E-state index in [2.05, 4.69) is 33.5 Å². The zero-order valence-electron chi connectivity index (χ0n) is 15.5. The van der Waals surface area contributed by atoms with Crippen molar-refractivity contribution in [1.29, 1.82) is 0 Å². The molecule has 1 atom stereocenters. The van der Waals surface area contributed by atoms with E-state index < -0.39 is 0 Å². The summed E-state index contributed by atoms with van der Waals surface area (Å²) in [7, 11) is 4.05. The van der Waals surface area contributed by atoms with Gasteiger partial charge in [-0.2, -0.15) is 0 Å². The lowest BCUT2D eigenvalue weighted by Gasteiger charge is -2.23. The van der Waals surface area contributed by atoms with Crippen LogP contribution >= 0.6 is 11.3 Å². The van der Waals surface area contributed by atoms with Crippen molar-refractivity contribution in [1.82, 2.24) is 10.2 Å². The first kappa shape index (κ1) is 18.9. The molecular weight excluding hydrogens is 352 g/mol. The smallest absolute Gasteiger partial charge is 0.251 e. The molecule has 1 heterocycles. The maximum absolute atomic E-state index is 12.5. The van der Waals surface area contributed by atoms with E-state index in [0.29, 0.717) is 12.1 Å². The Hall–Kier alpha value is -2.87. The van der Waals surface area contributed by atoms with Crippen LogP contribution in [0.2, 0.25) is 0 Å². The number of carbonyl (C=O) groups is 1. The van der Waals surface area contributed by atoms with Crippen molar-refractivity contribution in [2.75, 3.05) is 20.6 Å². The molecule has 0 radical (unpaired) electrons. The zero-order valence-corrected chi connectivity index (χ0v) is 16.3. The highest BCUT2D eigenvalue weighted by Crippen LogP contribution is 2.22. The van der Waals surface area contributed by atoms with Crippen LogP contribution in [-0.2, 0) is 0 Å². The van der Waals surface area contributed by atoms with Gasteiger partial charge in [0.2, 0.25) is 0 Å². The summed E-state index contributed by atoms with van der Waals surface area (Å²) in [5.74, 6) is 6.18. The number of carbonyl (C=O) groups excluding carboxylic acids is 1. The number of hydrogen-bond donors (Lipinski definition) is 1. The van der Waals surface area contributed by atoms with Crippen LogP contribution in [0.5, 0.6) is 0 Å². The average Bonchev–Trinajstić information content (AvgIpc) is 3.22. The predicted octanol–water partition coefficient (Wildman–Crippen LogP) is 4.18. The maximum Gasteiger partial charge on any atom is 0.251 e. The molecule has 0 bridgehead atoms. The van der Waals surface area contributed by atoms with Crippen molar-refractivity contribution in [3.8, 4) is 11.8 Å². The quantitative estimate of drug-likeness (QED) is 0.680. The average molecular weight is 375 g/mol. The fraction of sp³-hybridized carbons (Fsp3) is 0.174. The Kier molecular flexibility index (Phi) is 6.43. The Morgan fingerprint density at radius 2 is 1.63 bits per heavy atom. The Morgan fingerprint density at radius 1 is 0.963 bits per heavy atom. The van der Waals surface area contributed by atoms with Crippen molar-refractivity contribution in [3.63, 3.8) is 0 Å². The second-order valence-electron chi connectivity index (χ2n) is 6.40. The lowest BCUT2D eigenvalue weighted by molar-refractivity contribution is 0.0942. The molecule has 136 valence electrons. The molecule has 0 aliphatic rings. The summed E-state index contributed by atoms with van der Waals surface area (Å²) in [6.07, 6.45) is 0. The van der Waals surface area contributed by atoms with Crippen LogP contribution in [-0.4, -0.2) is 31.4 Å². The molecule has 0 saturated carbocycles. The number of likely N-dealkylation sites (N-methyl/N-ethyl adjacent to an activating group) is 1. The molecule has 0 aliphatic carbocycles. The largest absolute Gasteiger partial charge is 0.350 e. The second kappa shape index (κ2) is 9.18. The molecule has 3 nitrogen and oxygen atoms in total. The van der Waals surface area contributed by atoms with E-state index in [1.54, 1.807) is 11.3 Å². The van der Waals surface area contributed by atoms with Gasteiger partial charge in [-0.05, 0) is 61.9 Å². The van der Waals surface area contributed by atoms with Crippen molar-refractivity contribution < 1.29 is 4.79 Å². The molecular formula is C23H22N2OS. The standard InChI is InChI=1S/C23H22N2OS/c1-25(2)21(22-9-6-16-27-22)17-24-23(26)20-14-12-19(13-15-20)11-10-18-7-4-3-5-8-18/h3-9,12-16,21H,17H2,1-2H3,(H,24,26). The third kappa shape index (κ3) is 5.30. The van der Waals surface area contributed by atoms with Gasteiger partial charge in [-0.3, -0.25) is 4.79 Å². The van der Waals surface area contributed by atoms with Gasteiger partial charge in [-0.15, -0.1) is 11.3 Å². The Bertz CT molecular complexity index is 920. The normalized spacial score (nSPS) is 11.5. The number of nitrogens with one attached hydrogen (secondary N) is 1. The third-order valence-corrected chi connectivity index (χ3v) is 5.20. The Labute approximate surface area is 164 Å². The molecule has 0 saturated heterocycles. The van der Waals surface area contributed by atoms with E-state index in [1.807, 2.05) is 74.8 Å². The molecule has 3 rings (SSSR count). The van der Waals surface area contributed by atoms with Crippen LogP contribution in [0.15, 0.2) is 72.1 Å². The molecule has 1 aromatic heterocycles. The Morgan fingerprint density at radius 3 is 2.22 bits per heavy atom. The van der Waals surface area contributed by atoms with Crippen LogP contribution < -0.4 is 5.32 Å². The maximum atomic E-state index is 12.5. The molecule has 0 spiro atoms. The number of benzene rings is 2. The molecule has 1 amide bonds. The van der Waals surface area contributed by atoms with E-state index in [1.165, 1.54) is 4.88 Å². The minimum Gasteiger partial charge on any atom is -0.350 e. The minimum atomic E-state index is -0.0685. The van der Waals surface area contributed by atoms with Gasteiger partial charge in [0.15, 0.2) is 0 Å². The van der Waals surface area contributed by atoms with Crippen molar-refractivity contribution in [2.45, 2.75) is 6.04 Å². The number of nitrogens with zero attached hydrogens (tertiary/aromatic N) is 1. The highest BCUT2D eigenvalue weighted by molar-refractivity contribution is 7.10. The second-order valence-corrected chi connectivity index (χ2v) is 7.38. The lowest BCUT2D eigenvalue weighted by atomic mass is 10.1. The van der Waals surface area contributed by atoms with E-state index >= 15 is 0 Å². The molecule has 0 aliphatic heterocycles. The summed E-state index contributed by atoms with van der Waals surface area (Å²) in [6, 6.07) is 21.6. The molecule has 3 aromatic rings. The van der Waals surface area contributed by atoms with Gasteiger partial charge < -0.3 is 10.2 Å². The van der Waals surface area contributed by atoms with Gasteiger partial charge >= 0.3 is 0 Å². The number of hydrogen-bond acceptors (Lipinski definition) is 3. The van der Waals surface area contributed by atoms with E-state index in [0.717, 1.165) is 11.1 Å². The molecule has 0 fully saturated rings. The fourth-order valence-electron chi connectivity index (χ4n) is 2.68. The van der Waals surface area contributed by atoms with Crippen LogP contribution in [0.3, 0.4) is 0 Å². The van der Waals surface area contributed by atoms with Crippen LogP contribution in [0.4, 0.5) is 0 Å². The first-order valence-electron chi connectivity index (χ1n) is 8.78. The van der Waals surface area contributed by atoms with Crippen molar-refractivity contribution >= 4 is 17.2 Å². The van der Waals surface area contributed by atoms with Crippen LogP contribution in [0.25, 0.3) is 0 Å². The Balaban J connectivity index is 1.61. The molecule has 2 aromatic carbocycles. The highest BCUT2D eigenvalue weighted by atomic mass is 32.1. The number of rotatable bonds is 5. The number of thiophene rings is 1. The van der Waals surface area contributed by atoms with Gasteiger partial charge in [0.25, 0.3) is 5.91 Å². The molecule has 27 heavy (non-hydrogen) atoms. The summed E-state index contributed by atoms with van der Waals surface area (Å²) in [5, 5.41) is 5.09. The van der Waals surface area contributed by atoms with E-state index in [4.69, 9.17) is 0 Å². The number of amides is 1. The summed E-state index contributed by atoms with van der Waals surface area (Å²) >= 11 is 1.70. The lowest BCUT2D eigenvalue weighted by Crippen LogP contribution is -2.34. The fourth-order valence-corrected chi connectivity index (χ4v) is 3.60. The molecule has 1 unspecified atom stereocenters.